The maximum Gasteiger partial charge on any atom is 0.257 e. The molecule has 1 amide bonds. The molecule has 0 heterocycles. The van der Waals surface area contributed by atoms with E-state index in [1.165, 1.54) is 18.2 Å². The van der Waals surface area contributed by atoms with Crippen molar-refractivity contribution in [3.8, 4) is 5.75 Å². The van der Waals surface area contributed by atoms with E-state index in [4.69, 9.17) is 16.3 Å². The van der Waals surface area contributed by atoms with Gasteiger partial charge in [0.1, 0.15) is 11.6 Å². The highest BCUT2D eigenvalue weighted by atomic mass is 35.5. The first-order valence-electron chi connectivity index (χ1n) is 6.53. The van der Waals surface area contributed by atoms with Crippen molar-refractivity contribution in [2.75, 3.05) is 13.2 Å². The number of benzene rings is 2. The number of ether oxygens (including phenoxy) is 1. The van der Waals surface area contributed by atoms with Crippen molar-refractivity contribution in [3.63, 3.8) is 0 Å². The third-order valence-corrected chi connectivity index (χ3v) is 3.03. The number of amides is 1. The van der Waals surface area contributed by atoms with Crippen LogP contribution in [0, 0.1) is 5.82 Å². The summed E-state index contributed by atoms with van der Waals surface area (Å²) in [6.07, 6.45) is 0.687. The molecule has 110 valence electrons. The van der Waals surface area contributed by atoms with Crippen LogP contribution in [-0.2, 0) is 11.2 Å². The fourth-order valence-corrected chi connectivity index (χ4v) is 2.01. The minimum absolute atomic E-state index is 0.140. The summed E-state index contributed by atoms with van der Waals surface area (Å²) in [6, 6.07) is 13.2. The third kappa shape index (κ3) is 5.44. The van der Waals surface area contributed by atoms with Crippen molar-refractivity contribution in [2.24, 2.45) is 0 Å². The van der Waals surface area contributed by atoms with Crippen LogP contribution < -0.4 is 10.1 Å². The Morgan fingerprint density at radius 3 is 2.76 bits per heavy atom. The average Bonchev–Trinajstić information content (AvgIpc) is 2.45. The van der Waals surface area contributed by atoms with Gasteiger partial charge in [0, 0.05) is 17.6 Å². The summed E-state index contributed by atoms with van der Waals surface area (Å²) in [5.41, 5.74) is 1.05. The summed E-state index contributed by atoms with van der Waals surface area (Å²) >= 11 is 5.88. The van der Waals surface area contributed by atoms with Gasteiger partial charge in [-0.2, -0.15) is 0 Å². The van der Waals surface area contributed by atoms with Crippen LogP contribution in [0.3, 0.4) is 0 Å². The maximum absolute atomic E-state index is 12.9. The molecule has 5 heteroatoms. The molecule has 3 nitrogen and oxygen atoms in total. The molecule has 21 heavy (non-hydrogen) atoms. The van der Waals surface area contributed by atoms with Crippen molar-refractivity contribution < 1.29 is 13.9 Å². The first-order valence-corrected chi connectivity index (χ1v) is 6.91. The van der Waals surface area contributed by atoms with Gasteiger partial charge in [0.15, 0.2) is 6.61 Å². The van der Waals surface area contributed by atoms with Crippen molar-refractivity contribution in [3.05, 3.63) is 64.9 Å². The second-order valence-corrected chi connectivity index (χ2v) is 4.91. The number of nitrogens with one attached hydrogen (secondary N) is 1. The van der Waals surface area contributed by atoms with Crippen molar-refractivity contribution in [1.29, 1.82) is 0 Å². The van der Waals surface area contributed by atoms with Crippen LogP contribution in [0.15, 0.2) is 48.5 Å². The van der Waals surface area contributed by atoms with Crippen LogP contribution in [0.5, 0.6) is 5.75 Å². The molecule has 0 atom stereocenters. The van der Waals surface area contributed by atoms with Gasteiger partial charge in [0.25, 0.3) is 5.91 Å². The van der Waals surface area contributed by atoms with E-state index in [-0.39, 0.29) is 12.5 Å². The number of hydrogen-bond donors (Lipinski definition) is 1. The van der Waals surface area contributed by atoms with Crippen molar-refractivity contribution >= 4 is 17.5 Å². The molecule has 2 aromatic rings. The predicted octanol–water partition coefficient (Wildman–Crippen LogP) is 3.22. The molecule has 0 bridgehead atoms. The Kier molecular flexibility index (Phi) is 5.58. The van der Waals surface area contributed by atoms with E-state index in [2.05, 4.69) is 5.32 Å². The second kappa shape index (κ2) is 7.64. The van der Waals surface area contributed by atoms with Crippen LogP contribution in [0.25, 0.3) is 0 Å². The number of carbonyl (C=O) groups is 1. The molecule has 0 aliphatic rings. The molecule has 0 saturated carbocycles. The van der Waals surface area contributed by atoms with E-state index in [9.17, 15) is 9.18 Å². The molecule has 0 saturated heterocycles. The van der Waals surface area contributed by atoms with Crippen LogP contribution in [0.4, 0.5) is 4.39 Å². The smallest absolute Gasteiger partial charge is 0.257 e. The molecule has 1 N–H and O–H groups in total. The van der Waals surface area contributed by atoms with Gasteiger partial charge in [0.2, 0.25) is 0 Å². The van der Waals surface area contributed by atoms with E-state index in [0.29, 0.717) is 23.7 Å². The summed E-state index contributed by atoms with van der Waals surface area (Å²) < 4.78 is 18.1. The summed E-state index contributed by atoms with van der Waals surface area (Å²) in [4.78, 5) is 11.6. The summed E-state index contributed by atoms with van der Waals surface area (Å²) in [5.74, 6) is -0.310. The quantitative estimate of drug-likeness (QED) is 0.890. The lowest BCUT2D eigenvalue weighted by atomic mass is 10.1. The Morgan fingerprint density at radius 2 is 2.00 bits per heavy atom. The molecule has 0 aliphatic heterocycles. The minimum Gasteiger partial charge on any atom is -0.484 e. The molecular weight excluding hydrogens is 293 g/mol. The SMILES string of the molecule is O=C(COc1cccc(F)c1)NCCc1cccc(Cl)c1. The monoisotopic (exact) mass is 307 g/mol. The van der Waals surface area contributed by atoms with Crippen LogP contribution in [0.2, 0.25) is 5.02 Å². The minimum atomic E-state index is -0.395. The molecular formula is C16H15ClFNO2. The van der Waals surface area contributed by atoms with Gasteiger partial charge in [-0.3, -0.25) is 4.79 Å². The fourth-order valence-electron chi connectivity index (χ4n) is 1.80. The van der Waals surface area contributed by atoms with Gasteiger partial charge in [0.05, 0.1) is 0 Å². The zero-order valence-electron chi connectivity index (χ0n) is 11.3. The molecule has 2 aromatic carbocycles. The Bertz CT molecular complexity index is 619. The van der Waals surface area contributed by atoms with Crippen molar-refractivity contribution in [2.45, 2.75) is 6.42 Å². The lowest BCUT2D eigenvalue weighted by molar-refractivity contribution is -0.123. The summed E-state index contributed by atoms with van der Waals surface area (Å²) in [7, 11) is 0. The Labute approximate surface area is 127 Å². The van der Waals surface area contributed by atoms with Crippen LogP contribution in [-0.4, -0.2) is 19.1 Å². The predicted molar refractivity (Wildman–Crippen MR) is 80.1 cm³/mol. The molecule has 0 radical (unpaired) electrons. The zero-order chi connectivity index (χ0) is 15.1. The largest absolute Gasteiger partial charge is 0.484 e. The van der Waals surface area contributed by atoms with E-state index in [1.54, 1.807) is 12.1 Å². The standard InChI is InChI=1S/C16H15ClFNO2/c17-13-4-1-3-12(9-13)7-8-19-16(20)11-21-15-6-2-5-14(18)10-15/h1-6,9-10H,7-8,11H2,(H,19,20). The van der Waals surface area contributed by atoms with Gasteiger partial charge in [-0.1, -0.05) is 29.8 Å². The summed E-state index contributed by atoms with van der Waals surface area (Å²) in [5, 5.41) is 3.41. The molecule has 0 spiro atoms. The first kappa shape index (κ1) is 15.3. The van der Waals surface area contributed by atoms with Crippen molar-refractivity contribution in [1.82, 2.24) is 5.32 Å². The molecule has 2 rings (SSSR count). The number of carbonyl (C=O) groups excluding carboxylic acids is 1. The summed E-state index contributed by atoms with van der Waals surface area (Å²) in [6.45, 7) is 0.352. The Morgan fingerprint density at radius 1 is 1.19 bits per heavy atom. The fraction of sp³-hybridized carbons (Fsp3) is 0.188. The maximum atomic E-state index is 12.9. The second-order valence-electron chi connectivity index (χ2n) is 4.48. The van der Waals surface area contributed by atoms with Gasteiger partial charge < -0.3 is 10.1 Å². The van der Waals surface area contributed by atoms with E-state index in [1.807, 2.05) is 18.2 Å². The molecule has 0 unspecified atom stereocenters. The Hall–Kier alpha value is -2.07. The lowest BCUT2D eigenvalue weighted by Crippen LogP contribution is -2.30. The van der Waals surface area contributed by atoms with Crippen LogP contribution in [0.1, 0.15) is 5.56 Å². The highest BCUT2D eigenvalue weighted by molar-refractivity contribution is 6.30. The van der Waals surface area contributed by atoms with Gasteiger partial charge in [-0.05, 0) is 36.2 Å². The average molecular weight is 308 g/mol. The molecule has 0 fully saturated rings. The topological polar surface area (TPSA) is 38.3 Å². The highest BCUT2D eigenvalue weighted by Crippen LogP contribution is 2.12. The van der Waals surface area contributed by atoms with E-state index < -0.39 is 5.82 Å². The normalized spacial score (nSPS) is 10.2. The number of halogens is 2. The Balaban J connectivity index is 1.70. The zero-order valence-corrected chi connectivity index (χ0v) is 12.1. The van der Waals surface area contributed by atoms with Gasteiger partial charge in [-0.15, -0.1) is 0 Å². The van der Waals surface area contributed by atoms with Gasteiger partial charge >= 0.3 is 0 Å². The highest BCUT2D eigenvalue weighted by Gasteiger charge is 2.03. The number of rotatable bonds is 6. The third-order valence-electron chi connectivity index (χ3n) is 2.79. The van der Waals surface area contributed by atoms with Gasteiger partial charge in [-0.25, -0.2) is 4.39 Å². The van der Waals surface area contributed by atoms with E-state index in [0.717, 1.165) is 5.56 Å². The lowest BCUT2D eigenvalue weighted by Gasteiger charge is -2.07. The molecule has 0 aliphatic carbocycles. The van der Waals surface area contributed by atoms with E-state index >= 15 is 0 Å². The molecule has 0 aromatic heterocycles. The first-order chi connectivity index (χ1) is 10.1. The van der Waals surface area contributed by atoms with Crippen LogP contribution >= 0.6 is 11.6 Å². The number of hydrogen-bond acceptors (Lipinski definition) is 2.